The Labute approximate surface area is 212 Å². The Morgan fingerprint density at radius 3 is 2.75 bits per heavy atom. The van der Waals surface area contributed by atoms with Crippen molar-refractivity contribution in [1.82, 2.24) is 30.2 Å². The molecule has 2 amide bonds. The highest BCUT2D eigenvalue weighted by atomic mass is 16.2. The number of imidazole rings is 1. The molecule has 0 spiro atoms. The molecule has 10 nitrogen and oxygen atoms in total. The lowest BCUT2D eigenvalue weighted by Gasteiger charge is -2.51. The Morgan fingerprint density at radius 2 is 1.94 bits per heavy atom. The van der Waals surface area contributed by atoms with Crippen LogP contribution in [0.25, 0.3) is 11.2 Å². The van der Waals surface area contributed by atoms with E-state index in [2.05, 4.69) is 55.8 Å². The van der Waals surface area contributed by atoms with Crippen LogP contribution < -0.4 is 16.0 Å². The summed E-state index contributed by atoms with van der Waals surface area (Å²) in [6.07, 6.45) is 7.30. The Balaban J connectivity index is 1.38. The lowest BCUT2D eigenvalue weighted by Crippen LogP contribution is -2.59. The van der Waals surface area contributed by atoms with E-state index >= 15 is 0 Å². The molecule has 2 aromatic rings. The third-order valence-electron chi connectivity index (χ3n) is 8.42. The number of hydrogen-bond donors (Lipinski definition) is 3. The predicted molar refractivity (Wildman–Crippen MR) is 139 cm³/mol. The van der Waals surface area contributed by atoms with Crippen molar-refractivity contribution in [2.24, 2.45) is 23.7 Å². The normalized spacial score (nSPS) is 30.4. The Kier molecular flexibility index (Phi) is 7.03. The number of carbonyl (C=O) groups excluding carboxylic acids is 2. The van der Waals surface area contributed by atoms with Crippen LogP contribution in [-0.2, 0) is 9.59 Å². The van der Waals surface area contributed by atoms with Crippen molar-refractivity contribution in [3.8, 4) is 0 Å². The average molecular weight is 497 g/mol. The number of piperidine rings is 2. The van der Waals surface area contributed by atoms with Gasteiger partial charge in [-0.05, 0) is 55.8 Å². The number of carbonyl (C=O) groups is 2. The highest BCUT2D eigenvalue weighted by molar-refractivity contribution is 5.84. The first-order valence-corrected chi connectivity index (χ1v) is 13.6. The Morgan fingerprint density at radius 1 is 1.11 bits per heavy atom. The van der Waals surface area contributed by atoms with Gasteiger partial charge in [0.25, 0.3) is 0 Å². The number of H-pyrrole nitrogens is 1. The molecule has 5 heterocycles. The summed E-state index contributed by atoms with van der Waals surface area (Å²) in [7, 11) is 0. The summed E-state index contributed by atoms with van der Waals surface area (Å²) >= 11 is 0. The van der Waals surface area contributed by atoms with Crippen molar-refractivity contribution < 1.29 is 9.59 Å². The third-order valence-corrected chi connectivity index (χ3v) is 8.42. The van der Waals surface area contributed by atoms with Gasteiger partial charge in [0.1, 0.15) is 5.52 Å². The maximum absolute atomic E-state index is 13.6. The second-order valence-electron chi connectivity index (χ2n) is 11.6. The monoisotopic (exact) mass is 496 g/mol. The standard InChI is InChI=1S/C26H40N8O2/c1-15(2)19-8-7-16(3)9-22(36)34-12-17-10-18(20(34)5-4-6-21(35)30-19)13-33(11-17)25-23-24(29-14-28-23)31-26(27)32-25/h14-20H,4-13H2,1-3H3,(H,30,35)(H3,27,28,29,31,32)/t16-,17+,18-,19+,20+/m1/s1. The van der Waals surface area contributed by atoms with Gasteiger partial charge in [0.15, 0.2) is 11.5 Å². The first-order chi connectivity index (χ1) is 17.3. The summed E-state index contributed by atoms with van der Waals surface area (Å²) in [6, 6.07) is 0.306. The minimum atomic E-state index is 0.134. The number of aromatic nitrogens is 4. The summed E-state index contributed by atoms with van der Waals surface area (Å²) < 4.78 is 0. The Hall–Kier alpha value is -2.91. The minimum absolute atomic E-state index is 0.134. The number of nitrogens with zero attached hydrogens (tertiary/aromatic N) is 5. The number of amides is 2. The van der Waals surface area contributed by atoms with E-state index in [0.29, 0.717) is 42.2 Å². The highest BCUT2D eigenvalue weighted by Crippen LogP contribution is 2.38. The molecule has 0 radical (unpaired) electrons. The quantitative estimate of drug-likeness (QED) is 0.582. The number of nitrogen functional groups attached to an aromatic ring is 1. The predicted octanol–water partition coefficient (Wildman–Crippen LogP) is 2.72. The van der Waals surface area contributed by atoms with Gasteiger partial charge < -0.3 is 25.8 Å². The molecule has 5 atom stereocenters. The van der Waals surface area contributed by atoms with Crippen LogP contribution in [0.15, 0.2) is 6.33 Å². The SMILES string of the molecule is CC(C)[C@@H]1CC[C@@H](C)CC(=O)N2C[C@H]3C[C@H](CN(c4nc(N)nc5nc[nH]c45)C3)[C@@H]2CCCC(=O)N1. The van der Waals surface area contributed by atoms with Crippen LogP contribution in [0, 0.1) is 23.7 Å². The van der Waals surface area contributed by atoms with Crippen molar-refractivity contribution in [2.45, 2.75) is 77.8 Å². The molecule has 3 fully saturated rings. The van der Waals surface area contributed by atoms with Gasteiger partial charge in [-0.25, -0.2) is 4.98 Å². The molecule has 0 aliphatic carbocycles. The van der Waals surface area contributed by atoms with Gasteiger partial charge in [-0.3, -0.25) is 9.59 Å². The fraction of sp³-hybridized carbons (Fsp3) is 0.731. The van der Waals surface area contributed by atoms with Crippen LogP contribution in [-0.4, -0.2) is 68.4 Å². The van der Waals surface area contributed by atoms with Gasteiger partial charge in [0.05, 0.1) is 6.33 Å². The van der Waals surface area contributed by atoms with E-state index < -0.39 is 0 Å². The van der Waals surface area contributed by atoms with Crippen LogP contribution in [0.3, 0.4) is 0 Å². The molecule has 0 unspecified atom stereocenters. The second kappa shape index (κ2) is 10.2. The number of fused-ring (bicyclic) bond motifs is 5. The van der Waals surface area contributed by atoms with Gasteiger partial charge in [-0.2, -0.15) is 9.97 Å². The number of rotatable bonds is 2. The van der Waals surface area contributed by atoms with E-state index in [1.165, 1.54) is 0 Å². The number of nitrogens with one attached hydrogen (secondary N) is 2. The van der Waals surface area contributed by atoms with Crippen molar-refractivity contribution >= 4 is 34.7 Å². The number of nitrogens with two attached hydrogens (primary N) is 1. The van der Waals surface area contributed by atoms with Gasteiger partial charge in [-0.15, -0.1) is 0 Å². The van der Waals surface area contributed by atoms with Crippen molar-refractivity contribution in [1.29, 1.82) is 0 Å². The highest BCUT2D eigenvalue weighted by Gasteiger charge is 2.43. The van der Waals surface area contributed by atoms with E-state index in [1.54, 1.807) is 6.33 Å². The summed E-state index contributed by atoms with van der Waals surface area (Å²) in [5, 5.41) is 3.27. The molecule has 36 heavy (non-hydrogen) atoms. The Bertz CT molecular complexity index is 1100. The van der Waals surface area contributed by atoms with Crippen molar-refractivity contribution in [3.63, 3.8) is 0 Å². The van der Waals surface area contributed by atoms with E-state index in [4.69, 9.17) is 5.73 Å². The van der Waals surface area contributed by atoms with E-state index in [-0.39, 0.29) is 29.8 Å². The molecule has 196 valence electrons. The van der Waals surface area contributed by atoms with Gasteiger partial charge in [0, 0.05) is 44.6 Å². The molecule has 10 heteroatoms. The van der Waals surface area contributed by atoms with Crippen molar-refractivity contribution in [2.75, 3.05) is 30.3 Å². The zero-order valence-corrected chi connectivity index (χ0v) is 21.7. The third kappa shape index (κ3) is 5.13. The van der Waals surface area contributed by atoms with Crippen LogP contribution >= 0.6 is 0 Å². The van der Waals surface area contributed by atoms with Crippen LogP contribution in [0.4, 0.5) is 11.8 Å². The number of anilines is 2. The average Bonchev–Trinajstić information content (AvgIpc) is 3.30. The van der Waals surface area contributed by atoms with Crippen LogP contribution in [0.5, 0.6) is 0 Å². The first kappa shape index (κ1) is 24.8. The zero-order valence-electron chi connectivity index (χ0n) is 21.7. The smallest absolute Gasteiger partial charge is 0.224 e. The van der Waals surface area contributed by atoms with Crippen LogP contribution in [0.2, 0.25) is 0 Å². The largest absolute Gasteiger partial charge is 0.368 e. The van der Waals surface area contributed by atoms with Crippen molar-refractivity contribution in [3.05, 3.63) is 6.33 Å². The lowest BCUT2D eigenvalue weighted by molar-refractivity contribution is -0.139. The van der Waals surface area contributed by atoms with Gasteiger partial charge in [-0.1, -0.05) is 20.8 Å². The second-order valence-corrected chi connectivity index (χ2v) is 11.6. The topological polar surface area (TPSA) is 133 Å². The molecule has 5 rings (SSSR count). The molecule has 0 saturated carbocycles. The lowest BCUT2D eigenvalue weighted by atomic mass is 9.77. The molecule has 3 aliphatic rings. The molecular formula is C26H40N8O2. The van der Waals surface area contributed by atoms with E-state index in [0.717, 1.165) is 63.1 Å². The zero-order chi connectivity index (χ0) is 25.4. The fourth-order valence-corrected chi connectivity index (χ4v) is 6.54. The molecular weight excluding hydrogens is 456 g/mol. The molecule has 3 aliphatic heterocycles. The van der Waals surface area contributed by atoms with Crippen LogP contribution in [0.1, 0.15) is 65.7 Å². The number of aromatic amines is 1. The maximum atomic E-state index is 13.6. The molecule has 0 aromatic carbocycles. The van der Waals surface area contributed by atoms with Gasteiger partial charge >= 0.3 is 0 Å². The maximum Gasteiger partial charge on any atom is 0.224 e. The van der Waals surface area contributed by atoms with Gasteiger partial charge in [0.2, 0.25) is 17.8 Å². The molecule has 4 N–H and O–H groups in total. The minimum Gasteiger partial charge on any atom is -0.368 e. The molecule has 3 saturated heterocycles. The molecule has 2 bridgehead atoms. The van der Waals surface area contributed by atoms with E-state index in [9.17, 15) is 9.59 Å². The number of hydrogen-bond acceptors (Lipinski definition) is 7. The first-order valence-electron chi connectivity index (χ1n) is 13.6. The summed E-state index contributed by atoms with van der Waals surface area (Å²) in [6.45, 7) is 8.88. The van der Waals surface area contributed by atoms with E-state index in [1.807, 2.05) is 0 Å². The fourth-order valence-electron chi connectivity index (χ4n) is 6.54. The summed E-state index contributed by atoms with van der Waals surface area (Å²) in [5.74, 6) is 2.80. The summed E-state index contributed by atoms with van der Waals surface area (Å²) in [4.78, 5) is 47.1. The molecule has 2 aromatic heterocycles. The summed E-state index contributed by atoms with van der Waals surface area (Å²) in [5.41, 5.74) is 7.38.